The number of ether oxygens (including phenoxy) is 2. The summed E-state index contributed by atoms with van der Waals surface area (Å²) in [6.45, 7) is 12.5. The maximum atomic E-state index is 14.5. The SMILES string of the molecule is COCCCN1CCC2(CC1)CC(N1C(=O)c3cccc(c3)S(=O)(=O)Nc3nc(cc(-c4c(C)cccc4C)n3)OC[C@H]1CC(C)C)C2.Cl. The van der Waals surface area contributed by atoms with E-state index < -0.39 is 10.0 Å². The summed E-state index contributed by atoms with van der Waals surface area (Å²) in [7, 11) is -2.36. The summed E-state index contributed by atoms with van der Waals surface area (Å²) in [5.74, 6) is 0.325. The van der Waals surface area contributed by atoms with Crippen LogP contribution in [0.4, 0.5) is 5.95 Å². The Bertz CT molecular complexity index is 1720. The predicted molar refractivity (Wildman–Crippen MR) is 194 cm³/mol. The molecule has 12 heteroatoms. The normalized spacial score (nSPS) is 20.7. The van der Waals surface area contributed by atoms with Crippen molar-refractivity contribution in [1.82, 2.24) is 19.8 Å². The summed E-state index contributed by atoms with van der Waals surface area (Å²) in [4.78, 5) is 28.2. The van der Waals surface area contributed by atoms with Crippen molar-refractivity contribution in [3.8, 4) is 17.1 Å². The number of hydrogen-bond acceptors (Lipinski definition) is 8. The third-order valence-corrected chi connectivity index (χ3v) is 11.6. The van der Waals surface area contributed by atoms with Crippen LogP contribution in [0.3, 0.4) is 0 Å². The largest absolute Gasteiger partial charge is 0.475 e. The van der Waals surface area contributed by atoms with Gasteiger partial charge in [0.15, 0.2) is 0 Å². The molecule has 2 fully saturated rings. The van der Waals surface area contributed by atoms with Crippen molar-refractivity contribution in [1.29, 1.82) is 0 Å². The number of nitrogens with one attached hydrogen (secondary N) is 1. The Kier molecular flexibility index (Phi) is 11.6. The first kappa shape index (κ1) is 37.0. The minimum Gasteiger partial charge on any atom is -0.475 e. The first-order chi connectivity index (χ1) is 23.0. The summed E-state index contributed by atoms with van der Waals surface area (Å²) in [5.41, 5.74) is 4.06. The number of hydrogen-bond donors (Lipinski definition) is 1. The third-order valence-electron chi connectivity index (χ3n) is 10.3. The molecule has 266 valence electrons. The lowest BCUT2D eigenvalue weighted by atomic mass is 9.59. The number of carbonyl (C=O) groups excluding carboxylic acids is 1. The lowest BCUT2D eigenvalue weighted by Crippen LogP contribution is -2.60. The maximum absolute atomic E-state index is 14.5. The molecule has 4 bridgehead atoms. The second kappa shape index (κ2) is 15.3. The van der Waals surface area contributed by atoms with Gasteiger partial charge in [0.25, 0.3) is 15.9 Å². The molecule has 1 aliphatic carbocycles. The number of amides is 1. The number of likely N-dealkylation sites (tertiary alicyclic amines) is 1. The van der Waals surface area contributed by atoms with Gasteiger partial charge < -0.3 is 19.3 Å². The van der Waals surface area contributed by atoms with Crippen LogP contribution in [0.2, 0.25) is 0 Å². The molecule has 1 amide bonds. The number of fused-ring (bicyclic) bond motifs is 4. The van der Waals surface area contributed by atoms with Gasteiger partial charge in [0.05, 0.1) is 16.6 Å². The lowest BCUT2D eigenvalue weighted by molar-refractivity contribution is -0.0531. The molecule has 0 unspecified atom stereocenters. The summed E-state index contributed by atoms with van der Waals surface area (Å²) < 4.78 is 41.6. The number of halogens is 1. The fraction of sp³-hybridized carbons (Fsp3) is 0.541. The number of nitrogens with zero attached hydrogens (tertiary/aromatic N) is 4. The Morgan fingerprint density at radius 2 is 1.73 bits per heavy atom. The van der Waals surface area contributed by atoms with Crippen molar-refractivity contribution in [2.75, 3.05) is 44.7 Å². The van der Waals surface area contributed by atoms with Gasteiger partial charge >= 0.3 is 0 Å². The Balaban J connectivity index is 0.00000468. The summed E-state index contributed by atoms with van der Waals surface area (Å²) >= 11 is 0. The van der Waals surface area contributed by atoms with E-state index in [0.29, 0.717) is 17.2 Å². The number of benzene rings is 2. The van der Waals surface area contributed by atoms with Gasteiger partial charge in [-0.2, -0.15) is 4.98 Å². The highest BCUT2D eigenvalue weighted by molar-refractivity contribution is 7.92. The molecule has 0 radical (unpaired) electrons. The topological polar surface area (TPSA) is 114 Å². The number of methoxy groups -OCH3 is 1. The Hall–Kier alpha value is -3.25. The number of aromatic nitrogens is 2. The van der Waals surface area contributed by atoms with Crippen LogP contribution >= 0.6 is 12.4 Å². The molecule has 1 saturated carbocycles. The van der Waals surface area contributed by atoms with Gasteiger partial charge in [-0.3, -0.25) is 4.79 Å². The van der Waals surface area contributed by atoms with E-state index >= 15 is 0 Å². The maximum Gasteiger partial charge on any atom is 0.264 e. The average molecular weight is 712 g/mol. The summed E-state index contributed by atoms with van der Waals surface area (Å²) in [6, 6.07) is 13.9. The van der Waals surface area contributed by atoms with E-state index in [1.54, 1.807) is 25.3 Å². The van der Waals surface area contributed by atoms with E-state index in [9.17, 15) is 13.2 Å². The van der Waals surface area contributed by atoms with Crippen molar-refractivity contribution in [2.45, 2.75) is 83.2 Å². The van der Waals surface area contributed by atoms with Crippen LogP contribution < -0.4 is 9.46 Å². The number of piperidine rings is 1. The summed E-state index contributed by atoms with van der Waals surface area (Å²) in [5, 5.41) is 0. The number of anilines is 1. The van der Waals surface area contributed by atoms with Crippen LogP contribution in [0.1, 0.15) is 73.9 Å². The fourth-order valence-corrected chi connectivity index (χ4v) is 8.85. The minimum absolute atomic E-state index is 0. The monoisotopic (exact) mass is 711 g/mol. The van der Waals surface area contributed by atoms with E-state index in [2.05, 4.69) is 33.4 Å². The molecular formula is C37H50ClN5O5S. The molecule has 1 spiro atoms. The van der Waals surface area contributed by atoms with E-state index in [0.717, 1.165) is 81.5 Å². The zero-order chi connectivity index (χ0) is 34.1. The molecule has 3 heterocycles. The second-order valence-electron chi connectivity index (χ2n) is 14.4. The van der Waals surface area contributed by atoms with Gasteiger partial charge in [-0.15, -0.1) is 12.4 Å². The molecule has 3 aromatic rings. The quantitative estimate of drug-likeness (QED) is 0.263. The standard InChI is InChI=1S/C37H49N5O5S.ClH/c1-25(2)19-29-24-47-33-21-32(34-26(3)9-6-10-27(34)4)38-36(39-33)40-48(44,45)31-12-7-11-28(20-31)35(43)42(29)30-22-37(23-30)13-16-41(17-14-37)15-8-18-46-5;/h6-7,9-12,20-21,25,29-30H,8,13-19,22-24H2,1-5H3,(H,38,39,40);1H/t29-;/m1./s1. The molecule has 6 rings (SSSR count). The van der Waals surface area contributed by atoms with Crippen LogP contribution in [0.25, 0.3) is 11.3 Å². The van der Waals surface area contributed by atoms with Gasteiger partial charge in [-0.05, 0) is 106 Å². The first-order valence-corrected chi connectivity index (χ1v) is 18.7. The van der Waals surface area contributed by atoms with Crippen LogP contribution in [0.5, 0.6) is 5.88 Å². The van der Waals surface area contributed by atoms with Gasteiger partial charge in [-0.25, -0.2) is 18.1 Å². The second-order valence-corrected chi connectivity index (χ2v) is 16.1. The Morgan fingerprint density at radius 3 is 2.41 bits per heavy atom. The zero-order valence-corrected chi connectivity index (χ0v) is 30.9. The Labute approximate surface area is 297 Å². The smallest absolute Gasteiger partial charge is 0.264 e. The Morgan fingerprint density at radius 1 is 1.04 bits per heavy atom. The molecule has 1 atom stereocenters. The van der Waals surface area contributed by atoms with Crippen molar-refractivity contribution >= 4 is 34.3 Å². The highest BCUT2D eigenvalue weighted by Gasteiger charge is 2.50. The molecule has 49 heavy (non-hydrogen) atoms. The van der Waals surface area contributed by atoms with E-state index in [4.69, 9.17) is 9.47 Å². The highest BCUT2D eigenvalue weighted by Crippen LogP contribution is 2.52. The van der Waals surface area contributed by atoms with Crippen LogP contribution in [0, 0.1) is 25.2 Å². The van der Waals surface area contributed by atoms with Crippen molar-refractivity contribution < 1.29 is 22.7 Å². The van der Waals surface area contributed by atoms with E-state index in [1.807, 2.05) is 36.9 Å². The number of sulfonamides is 1. The van der Waals surface area contributed by atoms with E-state index in [1.165, 1.54) is 12.1 Å². The van der Waals surface area contributed by atoms with Crippen molar-refractivity contribution in [3.63, 3.8) is 0 Å². The molecule has 10 nitrogen and oxygen atoms in total. The molecule has 2 aliphatic heterocycles. The van der Waals surface area contributed by atoms with Gasteiger partial charge in [-0.1, -0.05) is 38.1 Å². The first-order valence-electron chi connectivity index (χ1n) is 17.2. The summed E-state index contributed by atoms with van der Waals surface area (Å²) in [6.07, 6.45) is 5.89. The molecular weight excluding hydrogens is 662 g/mol. The molecule has 3 aliphatic rings. The van der Waals surface area contributed by atoms with E-state index in [-0.39, 0.29) is 59.1 Å². The number of rotatable bonds is 8. The number of aryl methyl sites for hydroxylation is 2. The van der Waals surface area contributed by atoms with Crippen LogP contribution in [0.15, 0.2) is 53.4 Å². The predicted octanol–water partition coefficient (Wildman–Crippen LogP) is 6.51. The number of carbonyl (C=O) groups is 1. The molecule has 1 aromatic heterocycles. The molecule has 1 N–H and O–H groups in total. The van der Waals surface area contributed by atoms with Crippen LogP contribution in [-0.2, 0) is 14.8 Å². The van der Waals surface area contributed by atoms with Crippen LogP contribution in [-0.4, -0.2) is 86.1 Å². The van der Waals surface area contributed by atoms with Gasteiger partial charge in [0, 0.05) is 43.5 Å². The van der Waals surface area contributed by atoms with Crippen molar-refractivity contribution in [2.24, 2.45) is 11.3 Å². The molecule has 1 saturated heterocycles. The zero-order valence-electron chi connectivity index (χ0n) is 29.3. The minimum atomic E-state index is -4.11. The fourth-order valence-electron chi connectivity index (χ4n) is 7.86. The lowest BCUT2D eigenvalue weighted by Gasteiger charge is -2.56. The highest BCUT2D eigenvalue weighted by atomic mass is 35.5. The van der Waals surface area contributed by atoms with Crippen molar-refractivity contribution in [3.05, 3.63) is 65.2 Å². The van der Waals surface area contributed by atoms with Gasteiger partial charge in [0.1, 0.15) is 6.61 Å². The van der Waals surface area contributed by atoms with Gasteiger partial charge in [0.2, 0.25) is 11.8 Å². The third kappa shape index (κ3) is 8.22. The average Bonchev–Trinajstić information content (AvgIpc) is 3.03. The molecule has 2 aromatic carbocycles.